The van der Waals surface area contributed by atoms with E-state index in [1.165, 1.54) is 0 Å². The Morgan fingerprint density at radius 1 is 0.974 bits per heavy atom. The van der Waals surface area contributed by atoms with E-state index in [1.807, 2.05) is 58.8 Å². The van der Waals surface area contributed by atoms with Crippen LogP contribution in [0.15, 0.2) is 72.1 Å². The lowest BCUT2D eigenvalue weighted by Gasteiger charge is -2.36. The van der Waals surface area contributed by atoms with Gasteiger partial charge in [-0.3, -0.25) is 4.79 Å². The second-order valence-corrected chi connectivity index (χ2v) is 9.92. The predicted octanol–water partition coefficient (Wildman–Crippen LogP) is 4.68. The van der Waals surface area contributed by atoms with Crippen molar-refractivity contribution in [3.05, 3.63) is 82.7 Å². The van der Waals surface area contributed by atoms with Crippen molar-refractivity contribution < 1.29 is 19.1 Å². The van der Waals surface area contributed by atoms with Crippen molar-refractivity contribution in [2.24, 2.45) is 0 Å². The molecule has 8 nitrogen and oxygen atoms in total. The highest BCUT2D eigenvalue weighted by molar-refractivity contribution is 7.10. The van der Waals surface area contributed by atoms with E-state index in [0.29, 0.717) is 25.3 Å². The first-order valence-corrected chi connectivity index (χ1v) is 13.5. The molecule has 0 spiro atoms. The SMILES string of the molecule is CCOC(=O)c1cc(-c2ccc(N3CCN(C(=O)Cc4cccs4)CC3)cc2)n(-c2ccccc2OC)n1. The highest BCUT2D eigenvalue weighted by Gasteiger charge is 2.23. The Hall–Kier alpha value is -4.11. The van der Waals surface area contributed by atoms with Crippen molar-refractivity contribution in [3.8, 4) is 22.7 Å². The van der Waals surface area contributed by atoms with Crippen molar-refractivity contribution in [1.82, 2.24) is 14.7 Å². The van der Waals surface area contributed by atoms with Crippen LogP contribution in [0.4, 0.5) is 5.69 Å². The molecule has 0 atom stereocenters. The van der Waals surface area contributed by atoms with Gasteiger partial charge in [-0.2, -0.15) is 5.10 Å². The second-order valence-electron chi connectivity index (χ2n) is 8.89. The van der Waals surface area contributed by atoms with E-state index in [0.717, 1.165) is 40.6 Å². The molecule has 1 saturated heterocycles. The zero-order valence-electron chi connectivity index (χ0n) is 21.5. The number of ether oxygens (including phenoxy) is 2. The van der Waals surface area contributed by atoms with Crippen LogP contribution in [0.3, 0.4) is 0 Å². The number of para-hydroxylation sites is 2. The maximum Gasteiger partial charge on any atom is 0.358 e. The van der Waals surface area contributed by atoms with Crippen LogP contribution < -0.4 is 9.64 Å². The van der Waals surface area contributed by atoms with Crippen molar-refractivity contribution in [3.63, 3.8) is 0 Å². The van der Waals surface area contributed by atoms with Gasteiger partial charge in [0.1, 0.15) is 11.4 Å². The van der Waals surface area contributed by atoms with Crippen LogP contribution in [0.2, 0.25) is 0 Å². The predicted molar refractivity (Wildman–Crippen MR) is 148 cm³/mol. The number of rotatable bonds is 8. The lowest BCUT2D eigenvalue weighted by Crippen LogP contribution is -2.49. The first kappa shape index (κ1) is 25.5. The molecule has 1 amide bonds. The molecule has 0 radical (unpaired) electrons. The topological polar surface area (TPSA) is 76.9 Å². The first-order valence-electron chi connectivity index (χ1n) is 12.6. The normalized spacial score (nSPS) is 13.4. The number of hydrogen-bond donors (Lipinski definition) is 0. The molecule has 196 valence electrons. The maximum absolute atomic E-state index is 12.7. The number of hydrogen-bond acceptors (Lipinski definition) is 7. The van der Waals surface area contributed by atoms with Gasteiger partial charge in [-0.05, 0) is 48.7 Å². The maximum atomic E-state index is 12.7. The standard InChI is InChI=1S/C29H30N4O4S/c1-3-37-29(35)24-20-26(33(30-24)25-8-4-5-9-27(25)36-2)21-10-12-22(13-11-21)31-14-16-32(17-15-31)28(34)19-23-7-6-18-38-23/h4-13,18,20H,3,14-17,19H2,1-2H3. The lowest BCUT2D eigenvalue weighted by molar-refractivity contribution is -0.130. The van der Waals surface area contributed by atoms with E-state index in [-0.39, 0.29) is 18.2 Å². The summed E-state index contributed by atoms with van der Waals surface area (Å²) in [5.41, 5.74) is 3.72. The fourth-order valence-corrected chi connectivity index (χ4v) is 5.31. The van der Waals surface area contributed by atoms with Crippen LogP contribution in [0.25, 0.3) is 16.9 Å². The Morgan fingerprint density at radius 2 is 1.74 bits per heavy atom. The average molecular weight is 531 g/mol. The molecule has 38 heavy (non-hydrogen) atoms. The number of carbonyl (C=O) groups is 2. The van der Waals surface area contributed by atoms with E-state index in [1.54, 1.807) is 36.1 Å². The fraction of sp³-hybridized carbons (Fsp3) is 0.276. The van der Waals surface area contributed by atoms with Crippen LogP contribution in [-0.4, -0.2) is 66.5 Å². The summed E-state index contributed by atoms with van der Waals surface area (Å²) < 4.78 is 12.5. The molecule has 1 fully saturated rings. The molecular weight excluding hydrogens is 500 g/mol. The molecule has 0 unspecified atom stereocenters. The molecule has 2 aromatic heterocycles. The average Bonchev–Trinajstić information content (AvgIpc) is 3.64. The van der Waals surface area contributed by atoms with Gasteiger partial charge in [-0.15, -0.1) is 11.3 Å². The van der Waals surface area contributed by atoms with Gasteiger partial charge in [-0.25, -0.2) is 9.48 Å². The third kappa shape index (κ3) is 5.43. The lowest BCUT2D eigenvalue weighted by atomic mass is 10.1. The number of anilines is 1. The third-order valence-electron chi connectivity index (χ3n) is 6.57. The van der Waals surface area contributed by atoms with Crippen molar-refractivity contribution in [1.29, 1.82) is 0 Å². The Morgan fingerprint density at radius 3 is 2.42 bits per heavy atom. The van der Waals surface area contributed by atoms with Crippen LogP contribution in [-0.2, 0) is 16.0 Å². The third-order valence-corrected chi connectivity index (χ3v) is 7.45. The molecule has 0 saturated carbocycles. The molecule has 0 aliphatic carbocycles. The number of piperazine rings is 1. The number of methoxy groups -OCH3 is 1. The van der Waals surface area contributed by atoms with E-state index in [2.05, 4.69) is 22.1 Å². The minimum atomic E-state index is -0.467. The molecule has 1 aliphatic heterocycles. The van der Waals surface area contributed by atoms with Gasteiger partial charge in [0, 0.05) is 42.3 Å². The van der Waals surface area contributed by atoms with Crippen molar-refractivity contribution >= 4 is 28.9 Å². The minimum absolute atomic E-state index is 0.185. The second kappa shape index (κ2) is 11.5. The number of amides is 1. The molecule has 1 aliphatic rings. The zero-order valence-corrected chi connectivity index (χ0v) is 22.3. The summed E-state index contributed by atoms with van der Waals surface area (Å²) in [5, 5.41) is 6.57. The molecule has 5 rings (SSSR count). The molecule has 2 aromatic carbocycles. The highest BCUT2D eigenvalue weighted by Crippen LogP contribution is 2.31. The molecular formula is C29H30N4O4S. The van der Waals surface area contributed by atoms with Gasteiger partial charge in [0.05, 0.1) is 25.8 Å². The Bertz CT molecular complexity index is 1390. The fourth-order valence-electron chi connectivity index (χ4n) is 4.61. The van der Waals surface area contributed by atoms with Crippen molar-refractivity contribution in [2.75, 3.05) is 44.8 Å². The van der Waals surface area contributed by atoms with Gasteiger partial charge in [-0.1, -0.05) is 30.3 Å². The first-order chi connectivity index (χ1) is 18.6. The van der Waals surface area contributed by atoms with E-state index in [9.17, 15) is 9.59 Å². The summed E-state index contributed by atoms with van der Waals surface area (Å²) in [5.74, 6) is 0.366. The Balaban J connectivity index is 1.34. The largest absolute Gasteiger partial charge is 0.494 e. The number of carbonyl (C=O) groups excluding carboxylic acids is 2. The van der Waals surface area contributed by atoms with E-state index in [4.69, 9.17) is 9.47 Å². The van der Waals surface area contributed by atoms with Crippen LogP contribution in [0.5, 0.6) is 5.75 Å². The summed E-state index contributed by atoms with van der Waals surface area (Å²) >= 11 is 1.62. The van der Waals surface area contributed by atoms with Gasteiger partial charge in [0.15, 0.2) is 5.69 Å². The number of esters is 1. The zero-order chi connectivity index (χ0) is 26.5. The molecule has 4 aromatic rings. The number of benzene rings is 2. The number of aromatic nitrogens is 2. The van der Waals surface area contributed by atoms with Crippen LogP contribution >= 0.6 is 11.3 Å². The van der Waals surface area contributed by atoms with Crippen LogP contribution in [0.1, 0.15) is 22.3 Å². The minimum Gasteiger partial charge on any atom is -0.494 e. The van der Waals surface area contributed by atoms with Crippen LogP contribution in [0, 0.1) is 0 Å². The summed E-state index contributed by atoms with van der Waals surface area (Å²) in [4.78, 5) is 30.5. The van der Waals surface area contributed by atoms with E-state index >= 15 is 0 Å². The van der Waals surface area contributed by atoms with Gasteiger partial charge < -0.3 is 19.3 Å². The molecule has 9 heteroatoms. The number of thiophene rings is 1. The molecule has 0 bridgehead atoms. The monoisotopic (exact) mass is 530 g/mol. The number of nitrogens with zero attached hydrogens (tertiary/aromatic N) is 4. The molecule has 3 heterocycles. The quantitative estimate of drug-likeness (QED) is 0.308. The summed E-state index contributed by atoms with van der Waals surface area (Å²) in [6, 6.07) is 21.5. The smallest absolute Gasteiger partial charge is 0.358 e. The summed E-state index contributed by atoms with van der Waals surface area (Å²) in [6.07, 6.45) is 0.472. The summed E-state index contributed by atoms with van der Waals surface area (Å²) in [7, 11) is 1.61. The highest BCUT2D eigenvalue weighted by atomic mass is 32.1. The summed E-state index contributed by atoms with van der Waals surface area (Å²) in [6.45, 7) is 5.01. The van der Waals surface area contributed by atoms with Gasteiger partial charge in [0.2, 0.25) is 5.91 Å². The Kier molecular flexibility index (Phi) is 7.74. The van der Waals surface area contributed by atoms with E-state index < -0.39 is 5.97 Å². The van der Waals surface area contributed by atoms with Gasteiger partial charge >= 0.3 is 5.97 Å². The van der Waals surface area contributed by atoms with Gasteiger partial charge in [0.25, 0.3) is 0 Å². The Labute approximate surface area is 226 Å². The van der Waals surface area contributed by atoms with Crippen molar-refractivity contribution in [2.45, 2.75) is 13.3 Å². The molecule has 0 N–H and O–H groups in total.